The molecule has 1 fully saturated rings. The first-order chi connectivity index (χ1) is 8.21. The number of amides is 1. The molecular formula is C13H27N3O. The Bertz CT molecular complexity index is 229. The third kappa shape index (κ3) is 4.64. The van der Waals surface area contributed by atoms with E-state index >= 15 is 0 Å². The molecule has 1 amide bonds. The topological polar surface area (TPSA) is 58.4 Å². The predicted molar refractivity (Wildman–Crippen MR) is 70.7 cm³/mol. The molecule has 2 unspecified atom stereocenters. The van der Waals surface area contributed by atoms with Crippen LogP contribution in [0.2, 0.25) is 0 Å². The molecule has 4 nitrogen and oxygen atoms in total. The van der Waals surface area contributed by atoms with Crippen molar-refractivity contribution in [1.82, 2.24) is 10.2 Å². The molecule has 3 N–H and O–H groups in total. The fraction of sp³-hybridized carbons (Fsp3) is 0.923. The molecule has 0 aromatic heterocycles. The highest BCUT2D eigenvalue weighted by Crippen LogP contribution is 2.15. The molecule has 0 aliphatic carbocycles. The lowest BCUT2D eigenvalue weighted by molar-refractivity contribution is -0.122. The van der Waals surface area contributed by atoms with E-state index in [1.165, 1.54) is 19.4 Å². The third-order valence-corrected chi connectivity index (χ3v) is 3.82. The number of carbonyl (C=O) groups is 1. The lowest BCUT2D eigenvalue weighted by Gasteiger charge is -2.23. The van der Waals surface area contributed by atoms with Gasteiger partial charge in [0.25, 0.3) is 0 Å². The second kappa shape index (κ2) is 7.67. The largest absolute Gasteiger partial charge is 0.355 e. The smallest absolute Gasteiger partial charge is 0.220 e. The molecule has 1 aliphatic heterocycles. The number of hydrogen-bond donors (Lipinski definition) is 2. The lowest BCUT2D eigenvalue weighted by Crippen LogP contribution is -2.40. The molecule has 1 heterocycles. The molecular weight excluding hydrogens is 214 g/mol. The zero-order chi connectivity index (χ0) is 12.7. The molecule has 17 heavy (non-hydrogen) atoms. The van der Waals surface area contributed by atoms with E-state index in [-0.39, 0.29) is 5.91 Å². The van der Waals surface area contributed by atoms with Crippen molar-refractivity contribution >= 4 is 5.91 Å². The van der Waals surface area contributed by atoms with Crippen LogP contribution in [-0.2, 0) is 4.79 Å². The quantitative estimate of drug-likeness (QED) is 0.698. The van der Waals surface area contributed by atoms with E-state index in [0.29, 0.717) is 24.9 Å². The number of nitrogens with two attached hydrogens (primary N) is 1. The molecule has 0 aromatic rings. The second-order valence-electron chi connectivity index (χ2n) is 4.94. The van der Waals surface area contributed by atoms with E-state index in [0.717, 1.165) is 19.5 Å². The van der Waals surface area contributed by atoms with Gasteiger partial charge in [-0.05, 0) is 38.4 Å². The van der Waals surface area contributed by atoms with Gasteiger partial charge in [-0.25, -0.2) is 0 Å². The van der Waals surface area contributed by atoms with Gasteiger partial charge in [-0.1, -0.05) is 20.3 Å². The van der Waals surface area contributed by atoms with Crippen molar-refractivity contribution in [1.29, 1.82) is 0 Å². The van der Waals surface area contributed by atoms with Crippen LogP contribution in [0.15, 0.2) is 0 Å². The molecule has 100 valence electrons. The van der Waals surface area contributed by atoms with Gasteiger partial charge in [-0.15, -0.1) is 0 Å². The molecule has 1 rings (SSSR count). The summed E-state index contributed by atoms with van der Waals surface area (Å²) in [6.07, 6.45) is 4.03. The highest BCUT2D eigenvalue weighted by Gasteiger charge is 2.23. The Labute approximate surface area is 105 Å². The van der Waals surface area contributed by atoms with Crippen molar-refractivity contribution in [3.05, 3.63) is 0 Å². The van der Waals surface area contributed by atoms with Crippen LogP contribution < -0.4 is 11.1 Å². The Morgan fingerprint density at radius 2 is 2.29 bits per heavy atom. The molecule has 2 atom stereocenters. The minimum Gasteiger partial charge on any atom is -0.355 e. The molecule has 0 saturated carbocycles. The Kier molecular flexibility index (Phi) is 6.52. The molecule has 1 aliphatic rings. The summed E-state index contributed by atoms with van der Waals surface area (Å²) in [5.41, 5.74) is 5.61. The maximum Gasteiger partial charge on any atom is 0.220 e. The maximum absolute atomic E-state index is 11.7. The van der Waals surface area contributed by atoms with Crippen molar-refractivity contribution < 1.29 is 4.79 Å². The van der Waals surface area contributed by atoms with Gasteiger partial charge < -0.3 is 11.1 Å². The average Bonchev–Trinajstić information content (AvgIpc) is 2.80. The van der Waals surface area contributed by atoms with Gasteiger partial charge in [0.05, 0.1) is 0 Å². The number of nitrogens with one attached hydrogen (secondary N) is 1. The normalized spacial score (nSPS) is 22.6. The number of hydrogen-bond acceptors (Lipinski definition) is 3. The van der Waals surface area contributed by atoms with Crippen molar-refractivity contribution in [2.24, 2.45) is 11.7 Å². The zero-order valence-corrected chi connectivity index (χ0v) is 11.2. The zero-order valence-electron chi connectivity index (χ0n) is 11.2. The van der Waals surface area contributed by atoms with Crippen LogP contribution in [0.5, 0.6) is 0 Å². The van der Waals surface area contributed by atoms with Gasteiger partial charge in [0.2, 0.25) is 5.91 Å². The van der Waals surface area contributed by atoms with Gasteiger partial charge in [0, 0.05) is 19.0 Å². The summed E-state index contributed by atoms with van der Waals surface area (Å²) in [6, 6.07) is 0.543. The van der Waals surface area contributed by atoms with E-state index in [4.69, 9.17) is 5.73 Å². The van der Waals surface area contributed by atoms with Crippen molar-refractivity contribution in [3.63, 3.8) is 0 Å². The van der Waals surface area contributed by atoms with Crippen molar-refractivity contribution in [2.75, 3.05) is 26.2 Å². The summed E-state index contributed by atoms with van der Waals surface area (Å²) in [6.45, 7) is 7.93. The summed E-state index contributed by atoms with van der Waals surface area (Å²) in [4.78, 5) is 14.2. The summed E-state index contributed by atoms with van der Waals surface area (Å²) >= 11 is 0. The SMILES string of the molecule is CCC(CN)CC(=O)NCC1CCCN1CC. The number of carbonyl (C=O) groups excluding carboxylic acids is 1. The average molecular weight is 241 g/mol. The monoisotopic (exact) mass is 241 g/mol. The maximum atomic E-state index is 11.7. The first-order valence-corrected chi connectivity index (χ1v) is 6.92. The molecule has 0 aromatic carbocycles. The molecule has 1 saturated heterocycles. The summed E-state index contributed by atoms with van der Waals surface area (Å²) < 4.78 is 0. The number of likely N-dealkylation sites (tertiary alicyclic amines) is 1. The minimum atomic E-state index is 0.158. The summed E-state index contributed by atoms with van der Waals surface area (Å²) in [5, 5.41) is 3.05. The Balaban J connectivity index is 2.23. The van der Waals surface area contributed by atoms with E-state index < -0.39 is 0 Å². The van der Waals surface area contributed by atoms with Crippen LogP contribution >= 0.6 is 0 Å². The Morgan fingerprint density at radius 3 is 2.88 bits per heavy atom. The number of nitrogens with zero attached hydrogens (tertiary/aromatic N) is 1. The highest BCUT2D eigenvalue weighted by molar-refractivity contribution is 5.76. The Hall–Kier alpha value is -0.610. The van der Waals surface area contributed by atoms with E-state index in [9.17, 15) is 4.79 Å². The van der Waals surface area contributed by atoms with Gasteiger partial charge >= 0.3 is 0 Å². The molecule has 4 heteroatoms. The fourth-order valence-corrected chi connectivity index (χ4v) is 2.50. The fourth-order valence-electron chi connectivity index (χ4n) is 2.50. The number of rotatable bonds is 7. The molecule has 0 bridgehead atoms. The Morgan fingerprint density at radius 1 is 1.53 bits per heavy atom. The van der Waals surface area contributed by atoms with Gasteiger partial charge in [0.1, 0.15) is 0 Å². The standard InChI is InChI=1S/C13H27N3O/c1-3-11(9-14)8-13(17)15-10-12-6-5-7-16(12)4-2/h11-12H,3-10,14H2,1-2H3,(H,15,17). The van der Waals surface area contributed by atoms with Crippen LogP contribution in [0.3, 0.4) is 0 Å². The summed E-state index contributed by atoms with van der Waals surface area (Å²) in [5.74, 6) is 0.492. The van der Waals surface area contributed by atoms with E-state index in [1.54, 1.807) is 0 Å². The van der Waals surface area contributed by atoms with Crippen molar-refractivity contribution in [3.8, 4) is 0 Å². The van der Waals surface area contributed by atoms with E-state index in [2.05, 4.69) is 24.1 Å². The predicted octanol–water partition coefficient (Wildman–Crippen LogP) is 0.962. The van der Waals surface area contributed by atoms with Crippen molar-refractivity contribution in [2.45, 2.75) is 45.6 Å². The second-order valence-corrected chi connectivity index (χ2v) is 4.94. The van der Waals surface area contributed by atoms with Crippen LogP contribution in [0, 0.1) is 5.92 Å². The van der Waals surface area contributed by atoms with Crippen LogP contribution in [0.25, 0.3) is 0 Å². The number of likely N-dealkylation sites (N-methyl/N-ethyl adjacent to an activating group) is 1. The molecule has 0 spiro atoms. The third-order valence-electron chi connectivity index (χ3n) is 3.82. The minimum absolute atomic E-state index is 0.158. The molecule has 0 radical (unpaired) electrons. The highest BCUT2D eigenvalue weighted by atomic mass is 16.1. The van der Waals surface area contributed by atoms with Gasteiger partial charge in [0.15, 0.2) is 0 Å². The van der Waals surface area contributed by atoms with Crippen LogP contribution in [0.1, 0.15) is 39.5 Å². The van der Waals surface area contributed by atoms with Crippen LogP contribution in [0.4, 0.5) is 0 Å². The summed E-state index contributed by atoms with van der Waals surface area (Å²) in [7, 11) is 0. The van der Waals surface area contributed by atoms with Gasteiger partial charge in [-0.3, -0.25) is 9.69 Å². The van der Waals surface area contributed by atoms with Crippen LogP contribution in [-0.4, -0.2) is 43.0 Å². The lowest BCUT2D eigenvalue weighted by atomic mass is 10.0. The van der Waals surface area contributed by atoms with E-state index in [1.807, 2.05) is 0 Å². The first kappa shape index (κ1) is 14.5. The van der Waals surface area contributed by atoms with Gasteiger partial charge in [-0.2, -0.15) is 0 Å². The first-order valence-electron chi connectivity index (χ1n) is 6.92.